The fourth-order valence-electron chi connectivity index (χ4n) is 2.31. The van der Waals surface area contributed by atoms with Crippen molar-refractivity contribution >= 4 is 11.8 Å². The smallest absolute Gasteiger partial charge is 0.0507 e. The van der Waals surface area contributed by atoms with Crippen LogP contribution in [0.2, 0.25) is 0 Å². The molecule has 0 saturated carbocycles. The van der Waals surface area contributed by atoms with E-state index in [9.17, 15) is 0 Å². The van der Waals surface area contributed by atoms with E-state index in [1.807, 2.05) is 0 Å². The number of rotatable bonds is 5. The molecule has 2 aliphatic heterocycles. The van der Waals surface area contributed by atoms with Gasteiger partial charge in [0.2, 0.25) is 0 Å². The van der Waals surface area contributed by atoms with E-state index in [-0.39, 0.29) is 0 Å². The van der Waals surface area contributed by atoms with Gasteiger partial charge in [-0.3, -0.25) is 0 Å². The molecular formula is C12H24N2OS. The summed E-state index contributed by atoms with van der Waals surface area (Å²) in [6.45, 7) is 8.00. The summed E-state index contributed by atoms with van der Waals surface area (Å²) in [5.41, 5.74) is 0. The van der Waals surface area contributed by atoms with Crippen LogP contribution in [0.4, 0.5) is 0 Å². The van der Waals surface area contributed by atoms with Crippen molar-refractivity contribution in [2.45, 2.75) is 12.8 Å². The predicted molar refractivity (Wildman–Crippen MR) is 70.2 cm³/mol. The highest BCUT2D eigenvalue weighted by Crippen LogP contribution is 2.11. The van der Waals surface area contributed by atoms with Gasteiger partial charge in [-0.25, -0.2) is 0 Å². The van der Waals surface area contributed by atoms with Crippen LogP contribution in [0.3, 0.4) is 0 Å². The molecule has 2 rings (SSSR count). The Hall–Kier alpha value is 0.230. The Labute approximate surface area is 103 Å². The van der Waals surface area contributed by atoms with Crippen molar-refractivity contribution in [3.8, 4) is 0 Å². The normalized spacial score (nSPS) is 28.1. The van der Waals surface area contributed by atoms with Crippen LogP contribution in [0, 0.1) is 5.92 Å². The fraction of sp³-hybridized carbons (Fsp3) is 1.00. The van der Waals surface area contributed by atoms with Gasteiger partial charge in [0.15, 0.2) is 0 Å². The van der Waals surface area contributed by atoms with Gasteiger partial charge in [-0.1, -0.05) is 0 Å². The van der Waals surface area contributed by atoms with E-state index in [1.54, 1.807) is 0 Å². The minimum atomic E-state index is 0.764. The first-order valence-corrected chi connectivity index (χ1v) is 7.69. The van der Waals surface area contributed by atoms with Gasteiger partial charge in [-0.2, -0.15) is 11.8 Å². The molecular weight excluding hydrogens is 220 g/mol. The standard InChI is InChI=1S/C12H24N2OS/c1-4-14(6-9-16-8-1)5-3-13-10-12-2-7-15-11-12/h12-13H,1-11H2. The number of nitrogens with one attached hydrogen (secondary N) is 1. The monoisotopic (exact) mass is 244 g/mol. The molecule has 2 aliphatic rings. The molecule has 2 fully saturated rings. The molecule has 0 spiro atoms. The summed E-state index contributed by atoms with van der Waals surface area (Å²) in [5.74, 6) is 3.43. The second-order valence-corrected chi connectivity index (χ2v) is 5.97. The second kappa shape index (κ2) is 7.54. The van der Waals surface area contributed by atoms with E-state index >= 15 is 0 Å². The van der Waals surface area contributed by atoms with Crippen molar-refractivity contribution in [3.63, 3.8) is 0 Å². The third-order valence-corrected chi connectivity index (χ3v) is 4.43. The molecule has 1 atom stereocenters. The Morgan fingerprint density at radius 3 is 3.19 bits per heavy atom. The summed E-state index contributed by atoms with van der Waals surface area (Å²) >= 11 is 2.10. The lowest BCUT2D eigenvalue weighted by Crippen LogP contribution is -2.35. The van der Waals surface area contributed by atoms with Gasteiger partial charge in [0.25, 0.3) is 0 Å². The topological polar surface area (TPSA) is 24.5 Å². The number of ether oxygens (including phenoxy) is 1. The van der Waals surface area contributed by atoms with Crippen molar-refractivity contribution in [2.75, 3.05) is 57.4 Å². The van der Waals surface area contributed by atoms with Gasteiger partial charge in [0.1, 0.15) is 0 Å². The molecule has 0 amide bonds. The van der Waals surface area contributed by atoms with Crippen molar-refractivity contribution in [1.82, 2.24) is 10.2 Å². The zero-order valence-corrected chi connectivity index (χ0v) is 10.9. The van der Waals surface area contributed by atoms with Crippen LogP contribution < -0.4 is 5.32 Å². The minimum absolute atomic E-state index is 0.764. The van der Waals surface area contributed by atoms with Gasteiger partial charge in [0.05, 0.1) is 6.61 Å². The summed E-state index contributed by atoms with van der Waals surface area (Å²) < 4.78 is 5.37. The predicted octanol–water partition coefficient (Wildman–Crippen LogP) is 1.05. The van der Waals surface area contributed by atoms with Gasteiger partial charge in [-0.15, -0.1) is 0 Å². The minimum Gasteiger partial charge on any atom is -0.381 e. The first-order chi connectivity index (χ1) is 7.95. The molecule has 16 heavy (non-hydrogen) atoms. The molecule has 0 aromatic heterocycles. The highest BCUT2D eigenvalue weighted by molar-refractivity contribution is 7.99. The first-order valence-electron chi connectivity index (χ1n) is 6.54. The molecule has 1 N–H and O–H groups in total. The van der Waals surface area contributed by atoms with Crippen molar-refractivity contribution < 1.29 is 4.74 Å². The first kappa shape index (κ1) is 12.7. The summed E-state index contributed by atoms with van der Waals surface area (Å²) in [6.07, 6.45) is 2.61. The van der Waals surface area contributed by atoms with Gasteiger partial charge < -0.3 is 15.0 Å². The van der Waals surface area contributed by atoms with E-state index in [1.165, 1.54) is 44.0 Å². The van der Waals surface area contributed by atoms with E-state index in [2.05, 4.69) is 22.0 Å². The SMILES string of the molecule is C1CSCCN(CCNCC2CCOC2)C1. The quantitative estimate of drug-likeness (QED) is 0.731. The summed E-state index contributed by atoms with van der Waals surface area (Å²) in [5, 5.41) is 3.57. The fourth-order valence-corrected chi connectivity index (χ4v) is 3.23. The van der Waals surface area contributed by atoms with E-state index in [0.717, 1.165) is 32.2 Å². The van der Waals surface area contributed by atoms with Gasteiger partial charge in [0, 0.05) is 38.5 Å². The number of hydrogen-bond acceptors (Lipinski definition) is 4. The Bertz CT molecular complexity index is 178. The summed E-state index contributed by atoms with van der Waals surface area (Å²) in [4.78, 5) is 2.60. The third-order valence-electron chi connectivity index (χ3n) is 3.38. The Balaban J connectivity index is 1.49. The Morgan fingerprint density at radius 1 is 1.31 bits per heavy atom. The molecule has 1 unspecified atom stereocenters. The highest BCUT2D eigenvalue weighted by atomic mass is 32.2. The van der Waals surface area contributed by atoms with Crippen molar-refractivity contribution in [1.29, 1.82) is 0 Å². The second-order valence-electron chi connectivity index (χ2n) is 4.74. The molecule has 0 aliphatic carbocycles. The number of hydrogen-bond donors (Lipinski definition) is 1. The average Bonchev–Trinajstić information content (AvgIpc) is 2.68. The van der Waals surface area contributed by atoms with Crippen LogP contribution in [0.25, 0.3) is 0 Å². The average molecular weight is 244 g/mol. The Kier molecular flexibility index (Phi) is 5.97. The summed E-state index contributed by atoms with van der Waals surface area (Å²) in [6, 6.07) is 0. The molecule has 0 radical (unpaired) electrons. The van der Waals surface area contributed by atoms with Crippen LogP contribution in [-0.4, -0.2) is 62.3 Å². The van der Waals surface area contributed by atoms with Gasteiger partial charge in [-0.05, 0) is 31.1 Å². The molecule has 4 heteroatoms. The van der Waals surface area contributed by atoms with Crippen molar-refractivity contribution in [3.05, 3.63) is 0 Å². The van der Waals surface area contributed by atoms with Gasteiger partial charge >= 0.3 is 0 Å². The van der Waals surface area contributed by atoms with E-state index in [0.29, 0.717) is 0 Å². The van der Waals surface area contributed by atoms with Crippen LogP contribution in [0.5, 0.6) is 0 Å². The Morgan fingerprint density at radius 2 is 2.31 bits per heavy atom. The maximum atomic E-state index is 5.37. The van der Waals surface area contributed by atoms with E-state index < -0.39 is 0 Å². The molecule has 0 aromatic carbocycles. The largest absolute Gasteiger partial charge is 0.381 e. The maximum absolute atomic E-state index is 5.37. The number of thioether (sulfide) groups is 1. The van der Waals surface area contributed by atoms with Crippen LogP contribution in [0.15, 0.2) is 0 Å². The highest BCUT2D eigenvalue weighted by Gasteiger charge is 2.15. The third kappa shape index (κ3) is 4.62. The van der Waals surface area contributed by atoms with Crippen molar-refractivity contribution in [2.24, 2.45) is 5.92 Å². The molecule has 0 bridgehead atoms. The lowest BCUT2D eigenvalue weighted by Gasteiger charge is -2.20. The van der Waals surface area contributed by atoms with Crippen LogP contribution in [-0.2, 0) is 4.74 Å². The zero-order chi connectivity index (χ0) is 11.1. The van der Waals surface area contributed by atoms with Crippen LogP contribution in [0.1, 0.15) is 12.8 Å². The molecule has 94 valence electrons. The zero-order valence-electron chi connectivity index (χ0n) is 10.1. The van der Waals surface area contributed by atoms with Crippen LogP contribution >= 0.6 is 11.8 Å². The molecule has 2 saturated heterocycles. The lowest BCUT2D eigenvalue weighted by atomic mass is 10.1. The number of nitrogens with zero attached hydrogens (tertiary/aromatic N) is 1. The maximum Gasteiger partial charge on any atom is 0.0507 e. The van der Waals surface area contributed by atoms with E-state index in [4.69, 9.17) is 4.74 Å². The molecule has 3 nitrogen and oxygen atoms in total. The summed E-state index contributed by atoms with van der Waals surface area (Å²) in [7, 11) is 0. The molecule has 0 aromatic rings. The lowest BCUT2D eigenvalue weighted by molar-refractivity contribution is 0.185. The molecule has 2 heterocycles.